The van der Waals surface area contributed by atoms with Gasteiger partial charge in [0.25, 0.3) is 5.91 Å². The molecule has 0 radical (unpaired) electrons. The van der Waals surface area contributed by atoms with Crippen molar-refractivity contribution in [1.82, 2.24) is 4.31 Å². The Bertz CT molecular complexity index is 1170. The number of sulfonamides is 1. The zero-order valence-corrected chi connectivity index (χ0v) is 19.0. The molecule has 1 atom stereocenters. The number of nitrogens with one attached hydrogen (secondary N) is 1. The van der Waals surface area contributed by atoms with Gasteiger partial charge in [0.2, 0.25) is 16.8 Å². The summed E-state index contributed by atoms with van der Waals surface area (Å²) in [5, 5.41) is 2.64. The summed E-state index contributed by atoms with van der Waals surface area (Å²) < 4.78 is 48.4. The fourth-order valence-electron chi connectivity index (χ4n) is 3.57. The molecule has 2 heterocycles. The molecular weight excluding hydrogens is 452 g/mol. The Hall–Kier alpha value is -3.31. The fraction of sp³-hybridized carbons (Fsp3) is 0.364. The number of hydrogen-bond donors (Lipinski definition) is 1. The molecule has 176 valence electrons. The predicted octanol–water partition coefficient (Wildman–Crippen LogP) is 2.39. The van der Waals surface area contributed by atoms with Crippen LogP contribution in [0.15, 0.2) is 41.3 Å². The van der Waals surface area contributed by atoms with E-state index in [1.54, 1.807) is 18.2 Å². The SMILES string of the molecule is COc1ccc(C(=O)OC(C)C(=O)Nc2ccc3c(c2)OCO3)cc1S(=O)(=O)N1CCCC1. The van der Waals surface area contributed by atoms with Crippen LogP contribution in [0.3, 0.4) is 0 Å². The molecule has 2 aliphatic heterocycles. The molecule has 1 amide bonds. The van der Waals surface area contributed by atoms with Gasteiger partial charge in [-0.25, -0.2) is 13.2 Å². The minimum atomic E-state index is -3.83. The number of fused-ring (bicyclic) bond motifs is 1. The largest absolute Gasteiger partial charge is 0.495 e. The van der Waals surface area contributed by atoms with Gasteiger partial charge in [-0.15, -0.1) is 0 Å². The highest BCUT2D eigenvalue weighted by molar-refractivity contribution is 7.89. The lowest BCUT2D eigenvalue weighted by Gasteiger charge is -2.18. The van der Waals surface area contributed by atoms with Gasteiger partial charge >= 0.3 is 5.97 Å². The van der Waals surface area contributed by atoms with Crippen LogP contribution in [0, 0.1) is 0 Å². The molecule has 0 aliphatic carbocycles. The number of carbonyl (C=O) groups is 2. The molecule has 2 aromatic carbocycles. The lowest BCUT2D eigenvalue weighted by atomic mass is 10.2. The summed E-state index contributed by atoms with van der Waals surface area (Å²) in [7, 11) is -2.47. The number of hydrogen-bond acceptors (Lipinski definition) is 8. The third kappa shape index (κ3) is 4.74. The van der Waals surface area contributed by atoms with Gasteiger partial charge in [-0.05, 0) is 50.1 Å². The van der Waals surface area contributed by atoms with Crippen LogP contribution in [0.25, 0.3) is 0 Å². The molecule has 10 nitrogen and oxygen atoms in total. The predicted molar refractivity (Wildman–Crippen MR) is 117 cm³/mol. The van der Waals surface area contributed by atoms with E-state index in [9.17, 15) is 18.0 Å². The van der Waals surface area contributed by atoms with Crippen molar-refractivity contribution in [2.45, 2.75) is 30.8 Å². The second-order valence-electron chi connectivity index (χ2n) is 7.58. The summed E-state index contributed by atoms with van der Waals surface area (Å²) in [6.45, 7) is 2.36. The van der Waals surface area contributed by atoms with Crippen LogP contribution in [0.2, 0.25) is 0 Å². The summed E-state index contributed by atoms with van der Waals surface area (Å²) >= 11 is 0. The molecule has 11 heteroatoms. The Kier molecular flexibility index (Phi) is 6.43. The number of rotatable bonds is 7. The minimum absolute atomic E-state index is 0.00342. The number of methoxy groups -OCH3 is 1. The van der Waals surface area contributed by atoms with Crippen LogP contribution in [-0.2, 0) is 19.6 Å². The molecule has 1 fully saturated rings. The first-order valence-electron chi connectivity index (χ1n) is 10.4. The van der Waals surface area contributed by atoms with Gasteiger partial charge in [-0.3, -0.25) is 4.79 Å². The van der Waals surface area contributed by atoms with Gasteiger partial charge in [-0.2, -0.15) is 4.31 Å². The quantitative estimate of drug-likeness (QED) is 0.605. The smallest absolute Gasteiger partial charge is 0.338 e. The summed E-state index contributed by atoms with van der Waals surface area (Å²) in [5.41, 5.74) is 0.451. The van der Waals surface area contributed by atoms with Gasteiger partial charge < -0.3 is 24.3 Å². The maximum absolute atomic E-state index is 13.0. The lowest BCUT2D eigenvalue weighted by Crippen LogP contribution is -2.30. The number of anilines is 1. The van der Waals surface area contributed by atoms with Gasteiger partial charge in [0.05, 0.1) is 12.7 Å². The number of carbonyl (C=O) groups excluding carboxylic acids is 2. The second kappa shape index (κ2) is 9.28. The monoisotopic (exact) mass is 476 g/mol. The molecule has 2 aliphatic rings. The van der Waals surface area contributed by atoms with E-state index in [1.165, 1.54) is 36.5 Å². The molecule has 1 N–H and O–H groups in total. The molecule has 1 saturated heterocycles. The molecule has 0 saturated carbocycles. The van der Waals surface area contributed by atoms with Crippen molar-refractivity contribution >= 4 is 27.6 Å². The van der Waals surface area contributed by atoms with E-state index in [-0.39, 0.29) is 23.0 Å². The van der Waals surface area contributed by atoms with Crippen molar-refractivity contribution in [1.29, 1.82) is 0 Å². The average molecular weight is 477 g/mol. The summed E-state index contributed by atoms with van der Waals surface area (Å²) in [6.07, 6.45) is 0.419. The number of amides is 1. The van der Waals surface area contributed by atoms with E-state index in [4.69, 9.17) is 18.9 Å². The molecule has 1 unspecified atom stereocenters. The third-order valence-corrected chi connectivity index (χ3v) is 7.30. The molecule has 33 heavy (non-hydrogen) atoms. The highest BCUT2D eigenvalue weighted by atomic mass is 32.2. The summed E-state index contributed by atoms with van der Waals surface area (Å²) in [4.78, 5) is 25.1. The van der Waals surface area contributed by atoms with Crippen molar-refractivity contribution in [3.63, 3.8) is 0 Å². The normalized spacial score (nSPS) is 16.3. The van der Waals surface area contributed by atoms with E-state index in [0.717, 1.165) is 12.8 Å². The van der Waals surface area contributed by atoms with Gasteiger partial charge in [-0.1, -0.05) is 0 Å². The van der Waals surface area contributed by atoms with Crippen molar-refractivity contribution < 1.29 is 37.0 Å². The van der Waals surface area contributed by atoms with Crippen LogP contribution >= 0.6 is 0 Å². The molecule has 0 bridgehead atoms. The number of nitrogens with zero attached hydrogens (tertiary/aromatic N) is 1. The van der Waals surface area contributed by atoms with Crippen molar-refractivity contribution in [2.24, 2.45) is 0 Å². The van der Waals surface area contributed by atoms with E-state index in [1.807, 2.05) is 0 Å². The van der Waals surface area contributed by atoms with E-state index >= 15 is 0 Å². The van der Waals surface area contributed by atoms with Crippen molar-refractivity contribution in [3.05, 3.63) is 42.0 Å². The van der Waals surface area contributed by atoms with Crippen LogP contribution in [0.4, 0.5) is 5.69 Å². The Morgan fingerprint density at radius 1 is 1.06 bits per heavy atom. The molecule has 0 spiro atoms. The molecule has 2 aromatic rings. The van der Waals surface area contributed by atoms with Crippen LogP contribution in [-0.4, -0.2) is 57.7 Å². The zero-order chi connectivity index (χ0) is 23.6. The Labute approximate surface area is 191 Å². The average Bonchev–Trinajstić information content (AvgIpc) is 3.50. The topological polar surface area (TPSA) is 120 Å². The maximum Gasteiger partial charge on any atom is 0.338 e. The highest BCUT2D eigenvalue weighted by Crippen LogP contribution is 2.34. The van der Waals surface area contributed by atoms with E-state index in [2.05, 4.69) is 5.32 Å². The van der Waals surface area contributed by atoms with Gasteiger partial charge in [0.1, 0.15) is 10.6 Å². The first-order valence-corrected chi connectivity index (χ1v) is 11.8. The molecule has 0 aromatic heterocycles. The summed E-state index contributed by atoms with van der Waals surface area (Å²) in [6, 6.07) is 8.92. The number of esters is 1. The second-order valence-corrected chi connectivity index (χ2v) is 9.49. The van der Waals surface area contributed by atoms with Gasteiger partial charge in [0.15, 0.2) is 17.6 Å². The Morgan fingerprint density at radius 3 is 2.52 bits per heavy atom. The van der Waals surface area contributed by atoms with Crippen LogP contribution < -0.4 is 19.5 Å². The highest BCUT2D eigenvalue weighted by Gasteiger charge is 2.31. The lowest BCUT2D eigenvalue weighted by molar-refractivity contribution is -0.123. The van der Waals surface area contributed by atoms with Gasteiger partial charge in [0, 0.05) is 24.8 Å². The zero-order valence-electron chi connectivity index (χ0n) is 18.2. The Morgan fingerprint density at radius 2 is 1.79 bits per heavy atom. The standard InChI is InChI=1S/C22H24N2O8S/c1-14(21(25)23-16-6-8-17-19(12-16)31-13-30-17)32-22(26)15-5-7-18(29-2)20(11-15)33(27,28)24-9-3-4-10-24/h5-8,11-12,14H,3-4,9-10,13H2,1-2H3,(H,23,25). The maximum atomic E-state index is 13.0. The first kappa shape index (κ1) is 22.9. The van der Waals surface area contributed by atoms with Crippen LogP contribution in [0.5, 0.6) is 17.2 Å². The number of benzene rings is 2. The van der Waals surface area contributed by atoms with Crippen molar-refractivity contribution in [2.75, 3.05) is 32.3 Å². The van der Waals surface area contributed by atoms with E-state index < -0.39 is 28.0 Å². The molecule has 4 rings (SSSR count). The number of ether oxygens (including phenoxy) is 4. The minimum Gasteiger partial charge on any atom is -0.495 e. The third-order valence-electron chi connectivity index (χ3n) is 5.38. The van der Waals surface area contributed by atoms with Crippen LogP contribution in [0.1, 0.15) is 30.1 Å². The first-order chi connectivity index (χ1) is 15.8. The Balaban J connectivity index is 1.46. The fourth-order valence-corrected chi connectivity index (χ4v) is 5.27. The summed E-state index contributed by atoms with van der Waals surface area (Å²) in [5.74, 6) is -0.175. The van der Waals surface area contributed by atoms with E-state index in [0.29, 0.717) is 30.3 Å². The molecular formula is C22H24N2O8S. The van der Waals surface area contributed by atoms with Crippen molar-refractivity contribution in [3.8, 4) is 17.2 Å².